The van der Waals surface area contributed by atoms with E-state index in [1.54, 1.807) is 12.3 Å². The molecule has 1 fully saturated rings. The molecule has 0 radical (unpaired) electrons. The molecular formula is C19H30F3IN4O. The fourth-order valence-electron chi connectivity index (χ4n) is 3.15. The molecule has 1 saturated heterocycles. The highest BCUT2D eigenvalue weighted by atomic mass is 127. The molecule has 0 aromatic carbocycles. The van der Waals surface area contributed by atoms with Crippen LogP contribution in [0.4, 0.5) is 13.2 Å². The number of hydrogen-bond acceptors (Lipinski definition) is 3. The number of piperidine rings is 1. The third-order valence-electron chi connectivity index (χ3n) is 4.58. The van der Waals surface area contributed by atoms with E-state index in [-0.39, 0.29) is 24.0 Å². The zero-order valence-electron chi connectivity index (χ0n) is 16.0. The second kappa shape index (κ2) is 13.1. The van der Waals surface area contributed by atoms with Crippen LogP contribution in [0.2, 0.25) is 0 Å². The Hall–Kier alpha value is -1.23. The highest BCUT2D eigenvalue weighted by Crippen LogP contribution is 2.24. The van der Waals surface area contributed by atoms with Gasteiger partial charge in [-0.15, -0.1) is 30.6 Å². The van der Waals surface area contributed by atoms with Gasteiger partial charge < -0.3 is 15.1 Å². The van der Waals surface area contributed by atoms with E-state index in [9.17, 15) is 13.2 Å². The first kappa shape index (κ1) is 24.8. The van der Waals surface area contributed by atoms with Crippen LogP contribution in [0.15, 0.2) is 40.5 Å². The van der Waals surface area contributed by atoms with Gasteiger partial charge in [0.1, 0.15) is 5.76 Å². The lowest BCUT2D eigenvalue weighted by atomic mass is 9.93. The summed E-state index contributed by atoms with van der Waals surface area (Å²) in [6.07, 6.45) is 2.56. The van der Waals surface area contributed by atoms with Crippen LogP contribution in [-0.2, 0) is 6.42 Å². The van der Waals surface area contributed by atoms with Crippen LogP contribution in [0.1, 0.15) is 25.0 Å². The van der Waals surface area contributed by atoms with E-state index in [2.05, 4.69) is 22.2 Å². The van der Waals surface area contributed by atoms with Crippen molar-refractivity contribution in [1.82, 2.24) is 15.5 Å². The number of furan rings is 1. The van der Waals surface area contributed by atoms with E-state index < -0.39 is 12.7 Å². The summed E-state index contributed by atoms with van der Waals surface area (Å²) in [7, 11) is 0. The van der Waals surface area contributed by atoms with Crippen molar-refractivity contribution in [2.75, 3.05) is 39.3 Å². The van der Waals surface area contributed by atoms with E-state index in [1.165, 1.54) is 4.90 Å². The topological polar surface area (TPSA) is 52.8 Å². The Bertz CT molecular complexity index is 570. The number of hydrogen-bond donors (Lipinski definition) is 2. The van der Waals surface area contributed by atoms with Crippen molar-refractivity contribution in [2.45, 2.75) is 31.9 Å². The molecule has 0 atom stereocenters. The van der Waals surface area contributed by atoms with Crippen molar-refractivity contribution in [1.29, 1.82) is 0 Å². The monoisotopic (exact) mass is 514 g/mol. The number of halogens is 4. The minimum atomic E-state index is -4.11. The molecule has 0 aliphatic carbocycles. The standard InChI is InChI=1S/C19H29F3N4O.HI/c1-2-9-23-18(25-11-6-17-4-3-14-27-17)24-10-5-16-7-12-26(13-8-16)15-19(20,21)22;/h2-4,14,16H,1,5-13,15H2,(H2,23,24,25);1H. The molecule has 1 aromatic heterocycles. The molecule has 2 heterocycles. The SMILES string of the molecule is C=CCNC(=NCCC1CCN(CC(F)(F)F)CC1)NCCc1ccco1.I. The van der Waals surface area contributed by atoms with Gasteiger partial charge in [-0.1, -0.05) is 6.08 Å². The maximum absolute atomic E-state index is 12.4. The van der Waals surface area contributed by atoms with Crippen LogP contribution in [0.25, 0.3) is 0 Å². The molecule has 0 unspecified atom stereocenters. The van der Waals surface area contributed by atoms with Crippen LogP contribution >= 0.6 is 24.0 Å². The van der Waals surface area contributed by atoms with Gasteiger partial charge >= 0.3 is 6.18 Å². The molecule has 9 heteroatoms. The molecule has 5 nitrogen and oxygen atoms in total. The normalized spacial score (nSPS) is 16.5. The molecule has 1 aliphatic rings. The summed E-state index contributed by atoms with van der Waals surface area (Å²) in [6, 6.07) is 3.79. The first-order chi connectivity index (χ1) is 13.0. The average molecular weight is 514 g/mol. The van der Waals surface area contributed by atoms with Gasteiger partial charge in [-0.2, -0.15) is 13.2 Å². The number of rotatable bonds is 9. The zero-order valence-corrected chi connectivity index (χ0v) is 18.3. The predicted molar refractivity (Wildman–Crippen MR) is 116 cm³/mol. The number of guanidine groups is 1. The molecular weight excluding hydrogens is 484 g/mol. The largest absolute Gasteiger partial charge is 0.469 e. The third-order valence-corrected chi connectivity index (χ3v) is 4.58. The fourth-order valence-corrected chi connectivity index (χ4v) is 3.15. The van der Waals surface area contributed by atoms with Gasteiger partial charge in [0.05, 0.1) is 12.8 Å². The minimum absolute atomic E-state index is 0. The molecule has 2 N–H and O–H groups in total. The van der Waals surface area contributed by atoms with E-state index in [0.717, 1.165) is 37.4 Å². The van der Waals surface area contributed by atoms with E-state index in [1.807, 2.05) is 12.1 Å². The maximum Gasteiger partial charge on any atom is 0.401 e. The molecule has 0 bridgehead atoms. The lowest BCUT2D eigenvalue weighted by Gasteiger charge is -2.32. The lowest BCUT2D eigenvalue weighted by molar-refractivity contribution is -0.148. The summed E-state index contributed by atoms with van der Waals surface area (Å²) in [5.74, 6) is 2.06. The fraction of sp³-hybridized carbons (Fsp3) is 0.632. The van der Waals surface area contributed by atoms with Crippen molar-refractivity contribution in [2.24, 2.45) is 10.9 Å². The predicted octanol–water partition coefficient (Wildman–Crippen LogP) is 3.83. The average Bonchev–Trinajstić information content (AvgIpc) is 3.13. The highest BCUT2D eigenvalue weighted by Gasteiger charge is 2.32. The first-order valence-electron chi connectivity index (χ1n) is 9.41. The number of nitrogens with one attached hydrogen (secondary N) is 2. The first-order valence-corrected chi connectivity index (χ1v) is 9.41. The van der Waals surface area contributed by atoms with Crippen molar-refractivity contribution in [3.05, 3.63) is 36.8 Å². The van der Waals surface area contributed by atoms with Crippen LogP contribution in [0.3, 0.4) is 0 Å². The summed E-state index contributed by atoms with van der Waals surface area (Å²) in [6.45, 7) is 5.88. The summed E-state index contributed by atoms with van der Waals surface area (Å²) >= 11 is 0. The highest BCUT2D eigenvalue weighted by molar-refractivity contribution is 14.0. The van der Waals surface area contributed by atoms with Gasteiger partial charge in [0.25, 0.3) is 0 Å². The van der Waals surface area contributed by atoms with Crippen LogP contribution in [-0.4, -0.2) is 56.3 Å². The molecule has 2 rings (SSSR count). The van der Waals surface area contributed by atoms with Crippen molar-refractivity contribution in [3.63, 3.8) is 0 Å². The zero-order chi connectivity index (χ0) is 19.5. The van der Waals surface area contributed by atoms with Crippen LogP contribution in [0, 0.1) is 5.92 Å². The third kappa shape index (κ3) is 10.4. The second-order valence-electron chi connectivity index (χ2n) is 6.78. The van der Waals surface area contributed by atoms with Crippen LogP contribution in [0.5, 0.6) is 0 Å². The minimum Gasteiger partial charge on any atom is -0.469 e. The summed E-state index contributed by atoms with van der Waals surface area (Å²) in [4.78, 5) is 6.07. The Morgan fingerprint density at radius 3 is 2.68 bits per heavy atom. The van der Waals surface area contributed by atoms with Crippen molar-refractivity contribution < 1.29 is 17.6 Å². The van der Waals surface area contributed by atoms with Gasteiger partial charge in [0, 0.05) is 26.1 Å². The quantitative estimate of drug-likeness (QED) is 0.228. The Morgan fingerprint density at radius 1 is 1.32 bits per heavy atom. The summed E-state index contributed by atoms with van der Waals surface area (Å²) in [5.41, 5.74) is 0. The number of aliphatic imine (C=N–C) groups is 1. The smallest absolute Gasteiger partial charge is 0.401 e. The van der Waals surface area contributed by atoms with E-state index >= 15 is 0 Å². The summed E-state index contributed by atoms with van der Waals surface area (Å²) < 4.78 is 42.6. The van der Waals surface area contributed by atoms with Crippen molar-refractivity contribution >= 4 is 29.9 Å². The summed E-state index contributed by atoms with van der Waals surface area (Å²) in [5, 5.41) is 6.44. The Balaban J connectivity index is 0.00000392. The van der Waals surface area contributed by atoms with Gasteiger partial charge in [-0.05, 0) is 50.4 Å². The molecule has 0 saturated carbocycles. The molecule has 160 valence electrons. The molecule has 0 spiro atoms. The molecule has 0 amide bonds. The maximum atomic E-state index is 12.4. The Kier molecular flexibility index (Phi) is 11.6. The number of nitrogens with zero attached hydrogens (tertiary/aromatic N) is 2. The van der Waals surface area contributed by atoms with E-state index in [4.69, 9.17) is 4.42 Å². The second-order valence-corrected chi connectivity index (χ2v) is 6.78. The lowest BCUT2D eigenvalue weighted by Crippen LogP contribution is -2.40. The number of likely N-dealkylation sites (tertiary alicyclic amines) is 1. The molecule has 1 aliphatic heterocycles. The van der Waals surface area contributed by atoms with Crippen LogP contribution < -0.4 is 10.6 Å². The van der Waals surface area contributed by atoms with E-state index in [0.29, 0.717) is 38.6 Å². The Morgan fingerprint density at radius 2 is 2.07 bits per heavy atom. The van der Waals surface area contributed by atoms with Gasteiger partial charge in [0.2, 0.25) is 0 Å². The van der Waals surface area contributed by atoms with Gasteiger partial charge in [0.15, 0.2) is 5.96 Å². The molecule has 28 heavy (non-hydrogen) atoms. The number of alkyl halides is 3. The van der Waals surface area contributed by atoms with Gasteiger partial charge in [-0.3, -0.25) is 9.89 Å². The van der Waals surface area contributed by atoms with Gasteiger partial charge in [-0.25, -0.2) is 0 Å². The van der Waals surface area contributed by atoms with Crippen molar-refractivity contribution in [3.8, 4) is 0 Å². The molecule has 1 aromatic rings. The Labute approximate surface area is 181 Å².